The number of carbonyl (C=O) groups is 1. The third kappa shape index (κ3) is 2.84. The summed E-state index contributed by atoms with van der Waals surface area (Å²) in [5.74, 6) is -0.183. The van der Waals surface area contributed by atoms with Gasteiger partial charge in [0.1, 0.15) is 18.1 Å². The molecule has 8 heteroatoms. The first-order chi connectivity index (χ1) is 15.6. The molecule has 6 rings (SSSR count). The zero-order chi connectivity index (χ0) is 21.8. The van der Waals surface area contributed by atoms with E-state index in [9.17, 15) is 4.79 Å². The molecule has 1 amide bonds. The highest BCUT2D eigenvalue weighted by Crippen LogP contribution is 2.41. The molecule has 2 aliphatic heterocycles. The molecule has 0 bridgehead atoms. The minimum Gasteiger partial charge on any atom is -0.474 e. The summed E-state index contributed by atoms with van der Waals surface area (Å²) in [5.41, 5.74) is 5.90. The second-order valence-corrected chi connectivity index (χ2v) is 7.83. The van der Waals surface area contributed by atoms with Crippen LogP contribution in [0.5, 0.6) is 5.88 Å². The molecule has 3 N–H and O–H groups in total. The van der Waals surface area contributed by atoms with Crippen molar-refractivity contribution in [2.45, 2.75) is 6.92 Å². The number of anilines is 2. The normalized spacial score (nSPS) is 15.8. The van der Waals surface area contributed by atoms with Crippen molar-refractivity contribution in [1.82, 2.24) is 15.0 Å². The van der Waals surface area contributed by atoms with Gasteiger partial charge < -0.3 is 20.4 Å². The maximum Gasteiger partial charge on any atom is 0.256 e. The maximum absolute atomic E-state index is 15.1. The zero-order valence-electron chi connectivity index (χ0n) is 17.1. The van der Waals surface area contributed by atoms with E-state index in [1.165, 1.54) is 6.07 Å². The van der Waals surface area contributed by atoms with Gasteiger partial charge in [0, 0.05) is 58.4 Å². The molecule has 0 fully saturated rings. The summed E-state index contributed by atoms with van der Waals surface area (Å²) < 4.78 is 20.7. The summed E-state index contributed by atoms with van der Waals surface area (Å²) in [6.45, 7) is 3.11. The van der Waals surface area contributed by atoms with Gasteiger partial charge in [0.05, 0.1) is 11.3 Å². The Morgan fingerprint density at radius 2 is 2.06 bits per heavy atom. The highest BCUT2D eigenvalue weighted by atomic mass is 19.1. The minimum absolute atomic E-state index is 0.274. The van der Waals surface area contributed by atoms with Crippen molar-refractivity contribution < 1.29 is 13.9 Å². The molecule has 3 aromatic heterocycles. The number of aromatic amines is 1. The molecule has 2 aliphatic rings. The Hall–Kier alpha value is -4.20. The number of nitrogens with one attached hydrogen (secondary N) is 3. The fraction of sp³-hybridized carbons (Fsp3) is 0.125. The van der Waals surface area contributed by atoms with E-state index in [-0.39, 0.29) is 5.91 Å². The molecule has 0 unspecified atom stereocenters. The number of halogens is 1. The van der Waals surface area contributed by atoms with E-state index in [1.54, 1.807) is 30.7 Å². The lowest BCUT2D eigenvalue weighted by Gasteiger charge is -2.21. The topological polar surface area (TPSA) is 91.9 Å². The largest absolute Gasteiger partial charge is 0.474 e. The van der Waals surface area contributed by atoms with Gasteiger partial charge >= 0.3 is 0 Å². The lowest BCUT2D eigenvalue weighted by molar-refractivity contribution is -0.110. The number of hydrogen-bond donors (Lipinski definition) is 3. The molecular weight excluding hydrogens is 409 g/mol. The maximum atomic E-state index is 15.1. The summed E-state index contributed by atoms with van der Waals surface area (Å²) in [4.78, 5) is 24.5. The average molecular weight is 427 g/mol. The highest BCUT2D eigenvalue weighted by Gasteiger charge is 2.28. The van der Waals surface area contributed by atoms with Crippen LogP contribution in [0.4, 0.5) is 15.8 Å². The Morgan fingerprint density at radius 1 is 1.16 bits per heavy atom. The number of benzene rings is 1. The number of carbonyl (C=O) groups excluding carboxylic acids is 1. The number of fused-ring (bicyclic) bond motifs is 3. The van der Waals surface area contributed by atoms with Crippen molar-refractivity contribution in [1.29, 1.82) is 0 Å². The predicted octanol–water partition coefficient (Wildman–Crippen LogP) is 4.37. The first-order valence-corrected chi connectivity index (χ1v) is 10.2. The molecule has 158 valence electrons. The Bertz CT molecular complexity index is 1420. The Balaban J connectivity index is 1.48. The third-order valence-corrected chi connectivity index (χ3v) is 5.87. The number of hydrogen-bond acceptors (Lipinski definition) is 5. The van der Waals surface area contributed by atoms with Gasteiger partial charge in [-0.15, -0.1) is 0 Å². The van der Waals surface area contributed by atoms with Crippen LogP contribution in [0.15, 0.2) is 42.9 Å². The van der Waals surface area contributed by atoms with E-state index in [0.717, 1.165) is 27.8 Å². The average Bonchev–Trinajstić information content (AvgIpc) is 3.34. The van der Waals surface area contributed by atoms with E-state index >= 15 is 4.39 Å². The number of ether oxygens (including phenoxy) is 1. The second kappa shape index (κ2) is 6.91. The Kier molecular flexibility index (Phi) is 4.01. The summed E-state index contributed by atoms with van der Waals surface area (Å²) in [6, 6.07) is 6.87. The molecule has 0 atom stereocenters. The van der Waals surface area contributed by atoms with E-state index in [2.05, 4.69) is 25.6 Å². The molecule has 0 spiro atoms. The molecule has 0 saturated heterocycles. The highest BCUT2D eigenvalue weighted by molar-refractivity contribution is 6.35. The van der Waals surface area contributed by atoms with E-state index in [0.29, 0.717) is 47.0 Å². The van der Waals surface area contributed by atoms with Gasteiger partial charge in [-0.25, -0.2) is 9.37 Å². The zero-order valence-corrected chi connectivity index (χ0v) is 17.1. The van der Waals surface area contributed by atoms with Crippen LogP contribution >= 0.6 is 0 Å². The molecule has 4 aromatic rings. The number of aromatic nitrogens is 3. The van der Waals surface area contributed by atoms with Crippen LogP contribution in [0.3, 0.4) is 0 Å². The molecule has 0 saturated carbocycles. The van der Waals surface area contributed by atoms with Crippen LogP contribution in [-0.4, -0.2) is 34.0 Å². The van der Waals surface area contributed by atoms with Crippen LogP contribution in [0.2, 0.25) is 0 Å². The Morgan fingerprint density at radius 3 is 2.94 bits per heavy atom. The number of pyridine rings is 2. The lowest BCUT2D eigenvalue weighted by Crippen LogP contribution is -2.20. The standard InChI is InChI=1S/C24H18FN5O2/c1-12-18(11-28-24-22(12)27-4-5-32-24)15-8-16-17(23(31)30-21(16)9-19(15)25)7-14-6-13-10-26-3-2-20(13)29-14/h2-3,6-11,27,29H,4-5H2,1H3,(H,30,31). The minimum atomic E-state index is -0.427. The summed E-state index contributed by atoms with van der Waals surface area (Å²) in [7, 11) is 0. The molecule has 32 heavy (non-hydrogen) atoms. The predicted molar refractivity (Wildman–Crippen MR) is 121 cm³/mol. The summed E-state index contributed by atoms with van der Waals surface area (Å²) in [5, 5.41) is 6.99. The molecule has 0 aliphatic carbocycles. The van der Waals surface area contributed by atoms with Gasteiger partial charge in [-0.05, 0) is 42.8 Å². The van der Waals surface area contributed by atoms with E-state index in [1.807, 2.05) is 19.1 Å². The van der Waals surface area contributed by atoms with Crippen LogP contribution in [0.1, 0.15) is 16.8 Å². The van der Waals surface area contributed by atoms with Gasteiger partial charge in [0.15, 0.2) is 0 Å². The van der Waals surface area contributed by atoms with E-state index in [4.69, 9.17) is 4.74 Å². The molecule has 0 radical (unpaired) electrons. The first kappa shape index (κ1) is 18.6. The van der Waals surface area contributed by atoms with Crippen LogP contribution in [0, 0.1) is 12.7 Å². The number of nitrogens with zero attached hydrogens (tertiary/aromatic N) is 2. The van der Waals surface area contributed by atoms with Crippen molar-refractivity contribution in [2.75, 3.05) is 23.8 Å². The smallest absolute Gasteiger partial charge is 0.256 e. The third-order valence-electron chi connectivity index (χ3n) is 5.87. The van der Waals surface area contributed by atoms with Gasteiger partial charge in [-0.3, -0.25) is 9.78 Å². The monoisotopic (exact) mass is 427 g/mol. The molecular formula is C24H18FN5O2. The van der Waals surface area contributed by atoms with Crippen molar-refractivity contribution in [2.24, 2.45) is 0 Å². The van der Waals surface area contributed by atoms with Crippen molar-refractivity contribution in [3.8, 4) is 17.0 Å². The summed E-state index contributed by atoms with van der Waals surface area (Å²) in [6.07, 6.45) is 6.85. The fourth-order valence-electron chi connectivity index (χ4n) is 4.28. The number of rotatable bonds is 2. The van der Waals surface area contributed by atoms with Crippen molar-refractivity contribution >= 4 is 39.8 Å². The van der Waals surface area contributed by atoms with Gasteiger partial charge in [-0.1, -0.05) is 0 Å². The quantitative estimate of drug-likeness (QED) is 0.413. The van der Waals surface area contributed by atoms with Crippen LogP contribution < -0.4 is 15.4 Å². The first-order valence-electron chi connectivity index (χ1n) is 10.2. The fourth-order valence-corrected chi connectivity index (χ4v) is 4.28. The summed E-state index contributed by atoms with van der Waals surface area (Å²) >= 11 is 0. The molecule has 7 nitrogen and oxygen atoms in total. The number of amides is 1. The van der Waals surface area contributed by atoms with Gasteiger partial charge in [0.2, 0.25) is 5.88 Å². The van der Waals surface area contributed by atoms with Gasteiger partial charge in [0.25, 0.3) is 5.91 Å². The second-order valence-electron chi connectivity index (χ2n) is 7.83. The Labute approximate surface area is 182 Å². The van der Waals surface area contributed by atoms with Crippen molar-refractivity contribution in [3.05, 3.63) is 65.5 Å². The SMILES string of the molecule is Cc1c(-c2cc3c(cc2F)NC(=O)C3=Cc2cc3cnccc3[nH]2)cnc2c1NCCO2. The molecule has 5 heterocycles. The van der Waals surface area contributed by atoms with Crippen LogP contribution in [0.25, 0.3) is 33.7 Å². The van der Waals surface area contributed by atoms with Crippen molar-refractivity contribution in [3.63, 3.8) is 0 Å². The molecule has 1 aromatic carbocycles. The van der Waals surface area contributed by atoms with Gasteiger partial charge in [-0.2, -0.15) is 0 Å². The lowest BCUT2D eigenvalue weighted by atomic mass is 9.96. The van der Waals surface area contributed by atoms with Crippen LogP contribution in [-0.2, 0) is 4.79 Å². The number of H-pyrrole nitrogens is 1. The van der Waals surface area contributed by atoms with E-state index < -0.39 is 5.82 Å².